The maximum absolute atomic E-state index is 11.8. The molecule has 1 aliphatic carbocycles. The molecule has 3 heteroatoms. The van der Waals surface area contributed by atoms with E-state index in [-0.39, 0.29) is 5.56 Å². The molecule has 16 heavy (non-hydrogen) atoms. The third-order valence-corrected chi connectivity index (χ3v) is 2.93. The Hall–Kier alpha value is -1.38. The van der Waals surface area contributed by atoms with Crippen LogP contribution in [0.1, 0.15) is 49.7 Å². The topological polar surface area (TPSA) is 45.8 Å². The molecule has 0 fully saturated rings. The highest BCUT2D eigenvalue weighted by Gasteiger charge is 2.11. The number of aryl methyl sites for hydroxylation is 2. The van der Waals surface area contributed by atoms with Crippen molar-refractivity contribution in [3.05, 3.63) is 33.5 Å². The summed E-state index contributed by atoms with van der Waals surface area (Å²) in [5.41, 5.74) is 1.75. The molecule has 0 bridgehead atoms. The predicted molar refractivity (Wildman–Crippen MR) is 65.4 cm³/mol. The number of nitrogens with zero attached hydrogens (tertiary/aromatic N) is 1. The summed E-state index contributed by atoms with van der Waals surface area (Å²) in [5.74, 6) is 0.854. The van der Waals surface area contributed by atoms with Crippen LogP contribution in [0.5, 0.6) is 0 Å². The minimum Gasteiger partial charge on any atom is -0.310 e. The van der Waals surface area contributed by atoms with Crippen molar-refractivity contribution in [1.29, 1.82) is 0 Å². The van der Waals surface area contributed by atoms with E-state index in [2.05, 4.69) is 16.9 Å². The van der Waals surface area contributed by atoms with Crippen LogP contribution >= 0.6 is 0 Å². The molecular formula is C13H18N2O. The van der Waals surface area contributed by atoms with Gasteiger partial charge >= 0.3 is 0 Å². The number of hydrogen-bond donors (Lipinski definition) is 1. The van der Waals surface area contributed by atoms with Gasteiger partial charge in [0.1, 0.15) is 5.82 Å². The first-order valence-corrected chi connectivity index (χ1v) is 6.10. The molecule has 1 aromatic rings. The Morgan fingerprint density at radius 1 is 1.44 bits per heavy atom. The zero-order chi connectivity index (χ0) is 11.4. The van der Waals surface area contributed by atoms with Gasteiger partial charge in [-0.25, -0.2) is 4.98 Å². The number of allylic oxidation sites excluding steroid dienone is 1. The van der Waals surface area contributed by atoms with Gasteiger partial charge in [-0.15, -0.1) is 0 Å². The van der Waals surface area contributed by atoms with Crippen LogP contribution in [0.3, 0.4) is 0 Å². The monoisotopic (exact) mass is 218 g/mol. The Balaban J connectivity index is 2.19. The molecule has 0 atom stereocenters. The third-order valence-electron chi connectivity index (χ3n) is 2.93. The van der Waals surface area contributed by atoms with E-state index in [9.17, 15) is 4.79 Å². The van der Waals surface area contributed by atoms with Gasteiger partial charge in [0.05, 0.1) is 11.3 Å². The number of hydrogen-bond acceptors (Lipinski definition) is 2. The molecule has 0 amide bonds. The minimum atomic E-state index is 0.0208. The van der Waals surface area contributed by atoms with E-state index in [0.29, 0.717) is 0 Å². The fourth-order valence-corrected chi connectivity index (χ4v) is 2.03. The van der Waals surface area contributed by atoms with Crippen molar-refractivity contribution < 1.29 is 0 Å². The van der Waals surface area contributed by atoms with E-state index in [1.165, 1.54) is 12.8 Å². The highest BCUT2D eigenvalue weighted by atomic mass is 16.1. The third kappa shape index (κ3) is 2.40. The molecule has 2 rings (SSSR count). The highest BCUT2D eigenvalue weighted by molar-refractivity contribution is 5.52. The van der Waals surface area contributed by atoms with Crippen LogP contribution in [-0.2, 0) is 12.8 Å². The molecular weight excluding hydrogens is 200 g/mol. The normalized spacial score (nSPS) is 13.8. The van der Waals surface area contributed by atoms with Crippen LogP contribution < -0.4 is 5.56 Å². The molecule has 1 aliphatic rings. The smallest absolute Gasteiger partial charge is 0.258 e. The van der Waals surface area contributed by atoms with Gasteiger partial charge in [0.15, 0.2) is 0 Å². The quantitative estimate of drug-likeness (QED) is 0.789. The van der Waals surface area contributed by atoms with E-state index in [4.69, 9.17) is 0 Å². The van der Waals surface area contributed by atoms with E-state index in [0.717, 1.165) is 42.8 Å². The minimum absolute atomic E-state index is 0.0208. The van der Waals surface area contributed by atoms with Gasteiger partial charge in [0, 0.05) is 6.42 Å². The summed E-state index contributed by atoms with van der Waals surface area (Å²) in [7, 11) is 0. The van der Waals surface area contributed by atoms with Crippen molar-refractivity contribution in [1.82, 2.24) is 9.97 Å². The lowest BCUT2D eigenvalue weighted by molar-refractivity contribution is 0.684. The van der Waals surface area contributed by atoms with Gasteiger partial charge in [-0.05, 0) is 19.3 Å². The van der Waals surface area contributed by atoms with Crippen LogP contribution in [0.25, 0.3) is 6.08 Å². The van der Waals surface area contributed by atoms with Crippen LogP contribution in [0.4, 0.5) is 0 Å². The largest absolute Gasteiger partial charge is 0.310 e. The number of rotatable bonds is 4. The van der Waals surface area contributed by atoms with Gasteiger partial charge in [0.25, 0.3) is 5.56 Å². The summed E-state index contributed by atoms with van der Waals surface area (Å²) in [6.07, 6.45) is 10.2. The summed E-state index contributed by atoms with van der Waals surface area (Å²) >= 11 is 0. The lowest BCUT2D eigenvalue weighted by Crippen LogP contribution is -2.19. The number of nitrogens with one attached hydrogen (secondary N) is 1. The molecule has 86 valence electrons. The summed E-state index contributed by atoms with van der Waals surface area (Å²) in [4.78, 5) is 19.2. The highest BCUT2D eigenvalue weighted by Crippen LogP contribution is 2.13. The average Bonchev–Trinajstić information content (AvgIpc) is 2.30. The molecule has 0 saturated heterocycles. The van der Waals surface area contributed by atoms with E-state index in [1.807, 2.05) is 12.2 Å². The van der Waals surface area contributed by atoms with Crippen LogP contribution in [0.15, 0.2) is 10.9 Å². The summed E-state index contributed by atoms with van der Waals surface area (Å²) in [6, 6.07) is 0. The molecule has 0 spiro atoms. The Morgan fingerprint density at radius 2 is 2.31 bits per heavy atom. The van der Waals surface area contributed by atoms with Crippen LogP contribution in [-0.4, -0.2) is 9.97 Å². The summed E-state index contributed by atoms with van der Waals surface area (Å²) in [6.45, 7) is 2.17. The van der Waals surface area contributed by atoms with Gasteiger partial charge in [-0.1, -0.05) is 31.9 Å². The summed E-state index contributed by atoms with van der Waals surface area (Å²) in [5, 5.41) is 0. The zero-order valence-electron chi connectivity index (χ0n) is 9.75. The van der Waals surface area contributed by atoms with E-state index < -0.39 is 0 Å². The fraction of sp³-hybridized carbons (Fsp3) is 0.538. The molecule has 0 aliphatic heterocycles. The second kappa shape index (κ2) is 5.10. The zero-order valence-corrected chi connectivity index (χ0v) is 9.75. The van der Waals surface area contributed by atoms with Crippen molar-refractivity contribution >= 4 is 6.08 Å². The maximum atomic E-state index is 11.8. The first-order valence-electron chi connectivity index (χ1n) is 6.10. The lowest BCUT2D eigenvalue weighted by Gasteiger charge is -2.10. The van der Waals surface area contributed by atoms with Gasteiger partial charge in [-0.3, -0.25) is 4.79 Å². The Morgan fingerprint density at radius 3 is 3.12 bits per heavy atom. The van der Waals surface area contributed by atoms with Gasteiger partial charge in [0.2, 0.25) is 0 Å². The van der Waals surface area contributed by atoms with E-state index >= 15 is 0 Å². The molecule has 1 heterocycles. The van der Waals surface area contributed by atoms with Crippen molar-refractivity contribution in [3.63, 3.8) is 0 Å². The Labute approximate surface area is 95.6 Å². The van der Waals surface area contributed by atoms with Crippen molar-refractivity contribution in [2.75, 3.05) is 0 Å². The predicted octanol–water partition coefficient (Wildman–Crippen LogP) is 2.46. The average molecular weight is 218 g/mol. The molecule has 1 aromatic heterocycles. The second-order valence-corrected chi connectivity index (χ2v) is 4.27. The summed E-state index contributed by atoms with van der Waals surface area (Å²) < 4.78 is 0. The molecule has 0 radical (unpaired) electrons. The van der Waals surface area contributed by atoms with E-state index in [1.54, 1.807) is 0 Å². The molecule has 3 nitrogen and oxygen atoms in total. The molecule has 0 aromatic carbocycles. The Bertz CT molecular complexity index is 446. The molecule has 1 N–H and O–H groups in total. The van der Waals surface area contributed by atoms with Crippen molar-refractivity contribution in [2.45, 2.75) is 45.4 Å². The molecule has 0 saturated carbocycles. The number of aromatic nitrogens is 2. The maximum Gasteiger partial charge on any atom is 0.258 e. The van der Waals surface area contributed by atoms with Gasteiger partial charge < -0.3 is 4.98 Å². The number of H-pyrrole nitrogens is 1. The second-order valence-electron chi connectivity index (χ2n) is 4.27. The lowest BCUT2D eigenvalue weighted by atomic mass is 10.0. The van der Waals surface area contributed by atoms with Crippen molar-refractivity contribution in [2.24, 2.45) is 0 Å². The first-order chi connectivity index (χ1) is 7.81. The van der Waals surface area contributed by atoms with Gasteiger partial charge in [-0.2, -0.15) is 0 Å². The number of fused-ring (bicyclic) bond motifs is 1. The van der Waals surface area contributed by atoms with Crippen LogP contribution in [0.2, 0.25) is 0 Å². The van der Waals surface area contributed by atoms with Crippen LogP contribution in [0, 0.1) is 0 Å². The first kappa shape index (κ1) is 11.1. The van der Waals surface area contributed by atoms with Crippen molar-refractivity contribution in [3.8, 4) is 0 Å². The standard InChI is InChI=1S/C13H18N2O/c1-2-3-4-9-12-14-11-8-6-5-7-10(11)13(16)15-12/h5,7H,2-4,6,8-9H2,1H3,(H,14,15,16). The number of aromatic amines is 1. The molecule has 0 unspecified atom stereocenters. The SMILES string of the molecule is CCCCCc1nc2c(c(=O)[nH]1)C=CCC2. The number of unbranched alkanes of at least 4 members (excludes halogenated alkanes) is 2. The Kier molecular flexibility index (Phi) is 3.54. The fourth-order valence-electron chi connectivity index (χ4n) is 2.03.